The molecule has 0 bridgehead atoms. The monoisotopic (exact) mass is 222 g/mol. The van der Waals surface area contributed by atoms with E-state index < -0.39 is 0 Å². The Hall–Kier alpha value is -1.26. The van der Waals surface area contributed by atoms with Crippen LogP contribution in [0, 0.1) is 5.82 Å². The zero-order valence-electron chi connectivity index (χ0n) is 8.11. The molecule has 0 aliphatic heterocycles. The van der Waals surface area contributed by atoms with E-state index in [2.05, 4.69) is 4.98 Å². The summed E-state index contributed by atoms with van der Waals surface area (Å²) < 4.78 is 13.1. The number of rotatable bonds is 3. The molecule has 0 amide bonds. The summed E-state index contributed by atoms with van der Waals surface area (Å²) in [7, 11) is 0. The van der Waals surface area contributed by atoms with Crippen LogP contribution >= 0.6 is 11.3 Å². The van der Waals surface area contributed by atoms with Crippen LogP contribution in [0.2, 0.25) is 0 Å². The van der Waals surface area contributed by atoms with E-state index in [0.717, 1.165) is 16.1 Å². The van der Waals surface area contributed by atoms with E-state index >= 15 is 0 Å². The summed E-state index contributed by atoms with van der Waals surface area (Å²) in [5.74, 6) is -0.223. The van der Waals surface area contributed by atoms with Crippen LogP contribution in [-0.2, 0) is 13.0 Å². The summed E-state index contributed by atoms with van der Waals surface area (Å²) in [5.41, 5.74) is 7.49. The van der Waals surface area contributed by atoms with Gasteiger partial charge in [-0.3, -0.25) is 0 Å². The van der Waals surface area contributed by atoms with E-state index in [-0.39, 0.29) is 5.82 Å². The summed E-state index contributed by atoms with van der Waals surface area (Å²) in [5, 5.41) is 2.90. The molecule has 0 saturated carbocycles. The Balaban J connectivity index is 2.30. The van der Waals surface area contributed by atoms with Gasteiger partial charge in [-0.25, -0.2) is 9.37 Å². The lowest BCUT2D eigenvalue weighted by Crippen LogP contribution is -2.02. The molecule has 0 saturated heterocycles. The van der Waals surface area contributed by atoms with Crippen LogP contribution in [0.3, 0.4) is 0 Å². The van der Waals surface area contributed by atoms with Crippen LogP contribution in [0.4, 0.5) is 4.39 Å². The maximum Gasteiger partial charge on any atom is 0.123 e. The number of aromatic nitrogens is 1. The molecule has 78 valence electrons. The first-order valence-corrected chi connectivity index (χ1v) is 5.53. The van der Waals surface area contributed by atoms with Crippen LogP contribution in [0.1, 0.15) is 16.1 Å². The fourth-order valence-electron chi connectivity index (χ4n) is 1.46. The highest BCUT2D eigenvalue weighted by atomic mass is 32.1. The summed E-state index contributed by atoms with van der Waals surface area (Å²) in [6, 6.07) is 4.70. The first kappa shape index (κ1) is 10.3. The van der Waals surface area contributed by atoms with E-state index in [0.29, 0.717) is 13.0 Å². The van der Waals surface area contributed by atoms with Crippen molar-refractivity contribution >= 4 is 11.3 Å². The normalized spacial score (nSPS) is 10.5. The van der Waals surface area contributed by atoms with Gasteiger partial charge in [0.1, 0.15) is 5.82 Å². The molecule has 0 aliphatic rings. The SMILES string of the molecule is NCc1ccc(F)cc1Cc1nccs1. The highest BCUT2D eigenvalue weighted by molar-refractivity contribution is 7.09. The minimum Gasteiger partial charge on any atom is -0.326 e. The molecule has 0 aliphatic carbocycles. The largest absolute Gasteiger partial charge is 0.326 e. The molecule has 1 aromatic heterocycles. The lowest BCUT2D eigenvalue weighted by Gasteiger charge is -2.05. The van der Waals surface area contributed by atoms with Crippen LogP contribution in [0.15, 0.2) is 29.8 Å². The van der Waals surface area contributed by atoms with E-state index in [1.165, 1.54) is 12.1 Å². The van der Waals surface area contributed by atoms with Crippen LogP contribution in [0.5, 0.6) is 0 Å². The predicted octanol–water partition coefficient (Wildman–Crippen LogP) is 2.33. The fraction of sp³-hybridized carbons (Fsp3) is 0.182. The fourth-order valence-corrected chi connectivity index (χ4v) is 2.10. The quantitative estimate of drug-likeness (QED) is 0.865. The van der Waals surface area contributed by atoms with Crippen molar-refractivity contribution in [3.63, 3.8) is 0 Å². The summed E-state index contributed by atoms with van der Waals surface area (Å²) in [4.78, 5) is 4.17. The predicted molar refractivity (Wildman–Crippen MR) is 59.2 cm³/mol. The number of thiazole rings is 1. The number of benzene rings is 1. The van der Waals surface area contributed by atoms with E-state index in [1.807, 2.05) is 5.38 Å². The number of hydrogen-bond donors (Lipinski definition) is 1. The maximum atomic E-state index is 13.1. The summed E-state index contributed by atoms with van der Waals surface area (Å²) >= 11 is 1.57. The molecule has 2 N–H and O–H groups in total. The highest BCUT2D eigenvalue weighted by Crippen LogP contribution is 2.17. The van der Waals surface area contributed by atoms with Gasteiger partial charge < -0.3 is 5.73 Å². The zero-order valence-corrected chi connectivity index (χ0v) is 8.93. The molecule has 4 heteroatoms. The lowest BCUT2D eigenvalue weighted by molar-refractivity contribution is 0.625. The Kier molecular flexibility index (Phi) is 3.08. The number of hydrogen-bond acceptors (Lipinski definition) is 3. The molecule has 1 aromatic carbocycles. The van der Waals surface area contributed by atoms with Gasteiger partial charge in [-0.2, -0.15) is 0 Å². The Labute approximate surface area is 91.6 Å². The molecule has 2 nitrogen and oxygen atoms in total. The number of nitrogens with two attached hydrogens (primary N) is 1. The third-order valence-electron chi connectivity index (χ3n) is 2.21. The second-order valence-corrected chi connectivity index (χ2v) is 4.20. The summed E-state index contributed by atoms with van der Waals surface area (Å²) in [6.07, 6.45) is 2.41. The average Bonchev–Trinajstić information content (AvgIpc) is 2.71. The molecule has 0 atom stereocenters. The van der Waals surface area contributed by atoms with Gasteiger partial charge in [-0.05, 0) is 23.3 Å². The molecule has 2 aromatic rings. The Morgan fingerprint density at radius 1 is 1.33 bits per heavy atom. The van der Waals surface area contributed by atoms with Crippen molar-refractivity contribution in [2.75, 3.05) is 0 Å². The molecule has 0 radical (unpaired) electrons. The van der Waals surface area contributed by atoms with Gasteiger partial charge in [0.05, 0.1) is 5.01 Å². The van der Waals surface area contributed by atoms with E-state index in [4.69, 9.17) is 5.73 Å². The second kappa shape index (κ2) is 4.51. The maximum absolute atomic E-state index is 13.1. The molecule has 15 heavy (non-hydrogen) atoms. The minimum absolute atomic E-state index is 0.223. The second-order valence-electron chi connectivity index (χ2n) is 3.22. The molecule has 0 spiro atoms. The van der Waals surface area contributed by atoms with Gasteiger partial charge in [0.2, 0.25) is 0 Å². The van der Waals surface area contributed by atoms with Crippen molar-refractivity contribution in [2.45, 2.75) is 13.0 Å². The Bertz CT molecular complexity index is 440. The van der Waals surface area contributed by atoms with Gasteiger partial charge in [-0.1, -0.05) is 6.07 Å². The van der Waals surface area contributed by atoms with Gasteiger partial charge in [0, 0.05) is 24.5 Å². The van der Waals surface area contributed by atoms with Crippen LogP contribution in [0.25, 0.3) is 0 Å². The third kappa shape index (κ3) is 2.40. The van der Waals surface area contributed by atoms with Crippen molar-refractivity contribution in [2.24, 2.45) is 5.73 Å². The first-order valence-electron chi connectivity index (χ1n) is 4.65. The number of nitrogens with zero attached hydrogens (tertiary/aromatic N) is 1. The van der Waals surface area contributed by atoms with Crippen molar-refractivity contribution in [1.29, 1.82) is 0 Å². The van der Waals surface area contributed by atoms with Crippen LogP contribution in [-0.4, -0.2) is 4.98 Å². The molecule has 2 rings (SSSR count). The molecule has 0 unspecified atom stereocenters. The highest BCUT2D eigenvalue weighted by Gasteiger charge is 2.05. The van der Waals surface area contributed by atoms with Gasteiger partial charge in [0.15, 0.2) is 0 Å². The first-order chi connectivity index (χ1) is 7.29. The van der Waals surface area contributed by atoms with E-state index in [9.17, 15) is 4.39 Å². The standard InChI is InChI=1S/C11H11FN2S/c12-10-2-1-8(7-13)9(5-10)6-11-14-3-4-15-11/h1-5H,6-7,13H2. The van der Waals surface area contributed by atoms with Crippen molar-refractivity contribution < 1.29 is 4.39 Å². The topological polar surface area (TPSA) is 38.9 Å². The van der Waals surface area contributed by atoms with Crippen molar-refractivity contribution in [3.05, 3.63) is 51.7 Å². The van der Waals surface area contributed by atoms with E-state index in [1.54, 1.807) is 23.6 Å². The summed E-state index contributed by atoms with van der Waals surface area (Å²) in [6.45, 7) is 0.432. The molecular formula is C11H11FN2S. The van der Waals surface area contributed by atoms with Gasteiger partial charge in [0.25, 0.3) is 0 Å². The Morgan fingerprint density at radius 3 is 2.87 bits per heavy atom. The lowest BCUT2D eigenvalue weighted by atomic mass is 10.0. The Morgan fingerprint density at radius 2 is 2.20 bits per heavy atom. The third-order valence-corrected chi connectivity index (χ3v) is 2.99. The average molecular weight is 222 g/mol. The van der Waals surface area contributed by atoms with Crippen molar-refractivity contribution in [3.8, 4) is 0 Å². The molecule has 1 heterocycles. The smallest absolute Gasteiger partial charge is 0.123 e. The van der Waals surface area contributed by atoms with Gasteiger partial charge in [-0.15, -0.1) is 11.3 Å². The van der Waals surface area contributed by atoms with Crippen molar-refractivity contribution in [1.82, 2.24) is 4.98 Å². The van der Waals surface area contributed by atoms with Crippen LogP contribution < -0.4 is 5.73 Å². The zero-order chi connectivity index (χ0) is 10.7. The minimum atomic E-state index is -0.223. The van der Waals surface area contributed by atoms with Gasteiger partial charge >= 0.3 is 0 Å². The molecule has 0 fully saturated rings. The number of halogens is 1. The molecular weight excluding hydrogens is 211 g/mol.